The number of amides is 1. The van der Waals surface area contributed by atoms with Crippen LogP contribution in [0, 0.1) is 0 Å². The van der Waals surface area contributed by atoms with Crippen LogP contribution in [-0.2, 0) is 4.79 Å². The standard InChI is InChI=1S/C27H30BrN7O2/c1-5-26(36)31-22-17-21(7-9-24(22)37-18-34(4)15-14-33(2)3)30-27-29-12-10-25(32-27)35-13-11-19-16-20(28)6-8-23(19)35/h5-13,16-17H,1,14-15,18H2,2-4H3,(H,31,36)(H,29,30,32). The molecule has 2 aromatic carbocycles. The Labute approximate surface area is 224 Å². The number of aromatic nitrogens is 3. The van der Waals surface area contributed by atoms with Gasteiger partial charge < -0.3 is 24.8 Å². The van der Waals surface area contributed by atoms with Crippen LogP contribution in [0.4, 0.5) is 17.3 Å². The third kappa shape index (κ3) is 6.94. The molecule has 0 aliphatic carbocycles. The molecule has 10 heteroatoms. The molecule has 0 aliphatic rings. The van der Waals surface area contributed by atoms with Crippen molar-refractivity contribution >= 4 is 50.1 Å². The molecule has 4 rings (SSSR count). The number of nitrogens with zero attached hydrogens (tertiary/aromatic N) is 5. The normalized spacial score (nSPS) is 11.2. The van der Waals surface area contributed by atoms with Gasteiger partial charge in [-0.1, -0.05) is 22.5 Å². The van der Waals surface area contributed by atoms with E-state index in [0.717, 1.165) is 34.3 Å². The fourth-order valence-corrected chi connectivity index (χ4v) is 3.99. The third-order valence-corrected chi connectivity index (χ3v) is 6.08. The summed E-state index contributed by atoms with van der Waals surface area (Å²) in [5.41, 5.74) is 2.26. The summed E-state index contributed by atoms with van der Waals surface area (Å²) in [7, 11) is 6.05. The molecule has 37 heavy (non-hydrogen) atoms. The molecule has 2 heterocycles. The summed E-state index contributed by atoms with van der Waals surface area (Å²) < 4.78 is 9.02. The summed E-state index contributed by atoms with van der Waals surface area (Å²) in [5, 5.41) is 7.15. The summed E-state index contributed by atoms with van der Waals surface area (Å²) >= 11 is 3.52. The number of halogens is 1. The Morgan fingerprint density at radius 1 is 1.14 bits per heavy atom. The van der Waals surface area contributed by atoms with Crippen LogP contribution < -0.4 is 15.4 Å². The van der Waals surface area contributed by atoms with Crippen molar-refractivity contribution in [1.29, 1.82) is 0 Å². The maximum absolute atomic E-state index is 12.1. The fraction of sp³-hybridized carbons (Fsp3) is 0.222. The van der Waals surface area contributed by atoms with Gasteiger partial charge in [0.25, 0.3) is 0 Å². The lowest BCUT2D eigenvalue weighted by Gasteiger charge is -2.21. The van der Waals surface area contributed by atoms with Crippen LogP contribution in [-0.4, -0.2) is 71.2 Å². The minimum Gasteiger partial charge on any atom is -0.476 e. The highest BCUT2D eigenvalue weighted by Crippen LogP contribution is 2.30. The Morgan fingerprint density at radius 3 is 2.76 bits per heavy atom. The van der Waals surface area contributed by atoms with E-state index in [1.54, 1.807) is 12.3 Å². The molecule has 0 atom stereocenters. The van der Waals surface area contributed by atoms with Gasteiger partial charge in [0.1, 0.15) is 18.3 Å². The van der Waals surface area contributed by atoms with Crippen LogP contribution in [0.5, 0.6) is 5.75 Å². The van der Waals surface area contributed by atoms with E-state index in [4.69, 9.17) is 9.72 Å². The molecule has 0 unspecified atom stereocenters. The number of rotatable bonds is 11. The second-order valence-corrected chi connectivity index (χ2v) is 9.73. The van der Waals surface area contributed by atoms with Crippen LogP contribution in [0.15, 0.2) is 78.1 Å². The molecular weight excluding hydrogens is 534 g/mol. The molecule has 0 radical (unpaired) electrons. The summed E-state index contributed by atoms with van der Waals surface area (Å²) in [6.45, 7) is 5.69. The van der Waals surface area contributed by atoms with E-state index in [1.807, 2.05) is 68.3 Å². The number of anilines is 3. The van der Waals surface area contributed by atoms with Crippen molar-refractivity contribution in [3.05, 3.63) is 78.1 Å². The summed E-state index contributed by atoms with van der Waals surface area (Å²) in [5.74, 6) is 1.38. The zero-order valence-corrected chi connectivity index (χ0v) is 22.7. The highest BCUT2D eigenvalue weighted by Gasteiger charge is 2.11. The van der Waals surface area contributed by atoms with Crippen molar-refractivity contribution in [2.24, 2.45) is 0 Å². The van der Waals surface area contributed by atoms with Gasteiger partial charge in [-0.2, -0.15) is 4.98 Å². The maximum atomic E-state index is 12.1. The van der Waals surface area contributed by atoms with Gasteiger partial charge in [0.15, 0.2) is 0 Å². The van der Waals surface area contributed by atoms with E-state index in [1.165, 1.54) is 6.08 Å². The van der Waals surface area contributed by atoms with Crippen molar-refractivity contribution in [1.82, 2.24) is 24.3 Å². The highest BCUT2D eigenvalue weighted by molar-refractivity contribution is 9.10. The van der Waals surface area contributed by atoms with E-state index in [9.17, 15) is 4.79 Å². The average molecular weight is 564 g/mol. The lowest BCUT2D eigenvalue weighted by atomic mass is 10.2. The number of carbonyl (C=O) groups is 1. The van der Waals surface area contributed by atoms with Gasteiger partial charge in [-0.25, -0.2) is 4.98 Å². The number of hydrogen-bond acceptors (Lipinski definition) is 7. The number of hydrogen-bond donors (Lipinski definition) is 2. The Bertz CT molecular complexity index is 1400. The molecule has 0 aliphatic heterocycles. The first-order valence-corrected chi connectivity index (χ1v) is 12.5. The van der Waals surface area contributed by atoms with Crippen LogP contribution >= 0.6 is 15.9 Å². The summed E-state index contributed by atoms with van der Waals surface area (Å²) in [6.07, 6.45) is 4.91. The molecule has 1 amide bonds. The first kappa shape index (κ1) is 26.3. The van der Waals surface area contributed by atoms with E-state index in [0.29, 0.717) is 29.8 Å². The number of likely N-dealkylation sites (N-methyl/N-ethyl adjacent to an activating group) is 2. The topological polar surface area (TPSA) is 87.5 Å². The van der Waals surface area contributed by atoms with Crippen LogP contribution in [0.25, 0.3) is 16.7 Å². The molecule has 2 N–H and O–H groups in total. The van der Waals surface area contributed by atoms with Crippen molar-refractivity contribution in [2.45, 2.75) is 0 Å². The smallest absolute Gasteiger partial charge is 0.247 e. The quantitative estimate of drug-likeness (QED) is 0.198. The number of nitrogens with one attached hydrogen (secondary N) is 2. The number of benzene rings is 2. The lowest BCUT2D eigenvalue weighted by Crippen LogP contribution is -2.31. The minimum atomic E-state index is -0.327. The van der Waals surface area contributed by atoms with Gasteiger partial charge in [-0.05, 0) is 75.7 Å². The molecule has 192 valence electrons. The molecule has 0 saturated carbocycles. The van der Waals surface area contributed by atoms with E-state index in [2.05, 4.69) is 54.0 Å². The second-order valence-electron chi connectivity index (χ2n) is 8.81. The molecule has 0 spiro atoms. The first-order chi connectivity index (χ1) is 17.8. The predicted octanol–water partition coefficient (Wildman–Crippen LogP) is 4.88. The van der Waals surface area contributed by atoms with Gasteiger partial charge >= 0.3 is 0 Å². The second kappa shape index (κ2) is 12.0. The van der Waals surface area contributed by atoms with Crippen molar-refractivity contribution in [3.8, 4) is 11.6 Å². The zero-order chi connectivity index (χ0) is 26.4. The van der Waals surface area contributed by atoms with Gasteiger partial charge in [0.2, 0.25) is 11.9 Å². The Kier molecular flexibility index (Phi) is 8.54. The number of fused-ring (bicyclic) bond motifs is 1. The minimum absolute atomic E-state index is 0.327. The predicted molar refractivity (Wildman–Crippen MR) is 152 cm³/mol. The Balaban J connectivity index is 1.53. The fourth-order valence-electron chi connectivity index (χ4n) is 3.62. The van der Waals surface area contributed by atoms with E-state index < -0.39 is 0 Å². The van der Waals surface area contributed by atoms with Crippen LogP contribution in [0.1, 0.15) is 0 Å². The zero-order valence-electron chi connectivity index (χ0n) is 21.1. The SMILES string of the molecule is C=CC(=O)Nc1cc(Nc2nccc(-n3ccc4cc(Br)ccc43)n2)ccc1OCN(C)CCN(C)C. The molecule has 0 bridgehead atoms. The van der Waals surface area contributed by atoms with Gasteiger partial charge in [0.05, 0.1) is 11.2 Å². The number of ether oxygens (including phenoxy) is 1. The first-order valence-electron chi connectivity index (χ1n) is 11.7. The lowest BCUT2D eigenvalue weighted by molar-refractivity contribution is -0.111. The molecule has 0 fully saturated rings. The van der Waals surface area contributed by atoms with Gasteiger partial charge in [-0.15, -0.1) is 0 Å². The molecule has 0 saturated heterocycles. The van der Waals surface area contributed by atoms with E-state index >= 15 is 0 Å². The monoisotopic (exact) mass is 563 g/mol. The molecular formula is C27H30BrN7O2. The van der Waals surface area contributed by atoms with Crippen molar-refractivity contribution in [3.63, 3.8) is 0 Å². The average Bonchev–Trinajstić information content (AvgIpc) is 3.30. The summed E-state index contributed by atoms with van der Waals surface area (Å²) in [4.78, 5) is 25.3. The van der Waals surface area contributed by atoms with Gasteiger partial charge in [0, 0.05) is 41.0 Å². The van der Waals surface area contributed by atoms with Crippen LogP contribution in [0.2, 0.25) is 0 Å². The largest absolute Gasteiger partial charge is 0.476 e. The highest BCUT2D eigenvalue weighted by atomic mass is 79.9. The third-order valence-electron chi connectivity index (χ3n) is 5.59. The molecule has 4 aromatic rings. The Hall–Kier alpha value is -3.73. The Morgan fingerprint density at radius 2 is 1.97 bits per heavy atom. The van der Waals surface area contributed by atoms with Gasteiger partial charge in [-0.3, -0.25) is 9.69 Å². The molecule has 9 nitrogen and oxygen atoms in total. The van der Waals surface area contributed by atoms with Crippen LogP contribution in [0.3, 0.4) is 0 Å². The maximum Gasteiger partial charge on any atom is 0.247 e. The van der Waals surface area contributed by atoms with E-state index in [-0.39, 0.29) is 5.91 Å². The van der Waals surface area contributed by atoms with Crippen molar-refractivity contribution in [2.75, 3.05) is 51.6 Å². The summed E-state index contributed by atoms with van der Waals surface area (Å²) in [6, 6.07) is 15.5. The van der Waals surface area contributed by atoms with Crippen molar-refractivity contribution < 1.29 is 9.53 Å². The molecule has 2 aromatic heterocycles. The number of carbonyl (C=O) groups excluding carboxylic acids is 1.